The predicted molar refractivity (Wildman–Crippen MR) is 89.0 cm³/mol. The number of cyclic esters (lactones) is 1. The van der Waals surface area contributed by atoms with Gasteiger partial charge < -0.3 is 25.2 Å². The summed E-state index contributed by atoms with van der Waals surface area (Å²) in [5.41, 5.74) is -0.555. The van der Waals surface area contributed by atoms with Gasteiger partial charge in [0.1, 0.15) is 11.7 Å². The van der Waals surface area contributed by atoms with Gasteiger partial charge >= 0.3 is 5.97 Å². The first-order valence-corrected chi connectivity index (χ1v) is 7.92. The van der Waals surface area contributed by atoms with Gasteiger partial charge in [-0.1, -0.05) is 12.1 Å². The molecule has 0 aromatic carbocycles. The van der Waals surface area contributed by atoms with E-state index in [2.05, 4.69) is 9.97 Å². The molecule has 0 spiro atoms. The topological polar surface area (TPSA) is 133 Å². The van der Waals surface area contributed by atoms with Crippen molar-refractivity contribution in [1.82, 2.24) is 9.97 Å². The van der Waals surface area contributed by atoms with Crippen LogP contribution in [0.1, 0.15) is 11.1 Å². The van der Waals surface area contributed by atoms with Crippen molar-refractivity contribution in [2.75, 3.05) is 0 Å². The molecule has 0 aliphatic carbocycles. The van der Waals surface area contributed by atoms with Crippen LogP contribution in [0.2, 0.25) is 0 Å². The Morgan fingerprint density at radius 1 is 1.08 bits per heavy atom. The van der Waals surface area contributed by atoms with Crippen LogP contribution < -0.4 is 0 Å². The highest BCUT2D eigenvalue weighted by atomic mass is 16.6. The second-order valence-corrected chi connectivity index (χ2v) is 6.18. The van der Waals surface area contributed by atoms with Gasteiger partial charge in [0.05, 0.1) is 0 Å². The van der Waals surface area contributed by atoms with Gasteiger partial charge in [-0.3, -0.25) is 9.97 Å². The van der Waals surface area contributed by atoms with E-state index in [1.165, 1.54) is 12.4 Å². The standard InChI is InChI=1S/C18H18N2O6/c21-13-14(22)17(24)26-15(13)16(23)18(25,7-11-3-1-5-19-9-11)8-12-4-2-6-20-10-12/h1-6,9-10,15-16,21-23,25H,7-8H2/t15-,16+/m0/s1. The Kier molecular flexibility index (Phi) is 4.88. The largest absolute Gasteiger partial charge is 0.505 e. The third-order valence-corrected chi connectivity index (χ3v) is 4.24. The van der Waals surface area contributed by atoms with E-state index in [-0.39, 0.29) is 12.8 Å². The molecular formula is C18H18N2O6. The lowest BCUT2D eigenvalue weighted by molar-refractivity contribution is -0.160. The van der Waals surface area contributed by atoms with E-state index in [0.717, 1.165) is 0 Å². The number of aliphatic hydroxyl groups is 4. The van der Waals surface area contributed by atoms with Crippen LogP contribution in [-0.4, -0.2) is 54.2 Å². The lowest BCUT2D eigenvalue weighted by atomic mass is 9.81. The fourth-order valence-corrected chi connectivity index (χ4v) is 2.95. The van der Waals surface area contributed by atoms with E-state index in [1.54, 1.807) is 36.7 Å². The van der Waals surface area contributed by atoms with Crippen molar-refractivity contribution in [2.45, 2.75) is 30.7 Å². The molecule has 0 unspecified atom stereocenters. The van der Waals surface area contributed by atoms with E-state index >= 15 is 0 Å². The minimum Gasteiger partial charge on any atom is -0.505 e. The van der Waals surface area contributed by atoms with Crippen LogP contribution >= 0.6 is 0 Å². The van der Waals surface area contributed by atoms with Crippen LogP contribution in [0.25, 0.3) is 0 Å². The van der Waals surface area contributed by atoms with Crippen LogP contribution in [-0.2, 0) is 22.4 Å². The zero-order chi connectivity index (χ0) is 18.7. The maximum atomic E-state index is 11.4. The first-order chi connectivity index (χ1) is 12.4. The van der Waals surface area contributed by atoms with Crippen molar-refractivity contribution in [3.63, 3.8) is 0 Å². The number of nitrogens with zero attached hydrogens (tertiary/aromatic N) is 2. The first kappa shape index (κ1) is 17.8. The van der Waals surface area contributed by atoms with Crippen molar-refractivity contribution < 1.29 is 30.0 Å². The Morgan fingerprint density at radius 3 is 2.00 bits per heavy atom. The summed E-state index contributed by atoms with van der Waals surface area (Å²) < 4.78 is 4.81. The molecule has 0 amide bonds. The number of carbonyl (C=O) groups excluding carboxylic acids is 1. The molecule has 2 atom stereocenters. The van der Waals surface area contributed by atoms with Crippen molar-refractivity contribution in [3.8, 4) is 0 Å². The number of aromatic nitrogens is 2. The molecule has 0 bridgehead atoms. The highest BCUT2D eigenvalue weighted by Crippen LogP contribution is 2.31. The molecule has 0 saturated carbocycles. The molecular weight excluding hydrogens is 340 g/mol. The number of hydrogen-bond donors (Lipinski definition) is 4. The van der Waals surface area contributed by atoms with Crippen LogP contribution in [0.15, 0.2) is 60.6 Å². The van der Waals surface area contributed by atoms with E-state index in [4.69, 9.17) is 4.74 Å². The van der Waals surface area contributed by atoms with Gasteiger partial charge in [-0.15, -0.1) is 0 Å². The van der Waals surface area contributed by atoms with E-state index in [9.17, 15) is 25.2 Å². The molecule has 8 heteroatoms. The maximum Gasteiger partial charge on any atom is 0.377 e. The second-order valence-electron chi connectivity index (χ2n) is 6.18. The van der Waals surface area contributed by atoms with Crippen molar-refractivity contribution in [1.29, 1.82) is 0 Å². The smallest absolute Gasteiger partial charge is 0.377 e. The van der Waals surface area contributed by atoms with Crippen LogP contribution in [0, 0.1) is 0 Å². The number of ether oxygens (including phenoxy) is 1. The van der Waals surface area contributed by atoms with E-state index in [1.807, 2.05) is 0 Å². The summed E-state index contributed by atoms with van der Waals surface area (Å²) in [5.74, 6) is -2.94. The van der Waals surface area contributed by atoms with Gasteiger partial charge in [0.25, 0.3) is 0 Å². The quantitative estimate of drug-likeness (QED) is 0.552. The zero-order valence-corrected chi connectivity index (χ0v) is 13.7. The third-order valence-electron chi connectivity index (χ3n) is 4.24. The first-order valence-electron chi connectivity index (χ1n) is 7.92. The summed E-state index contributed by atoms with van der Waals surface area (Å²) in [6.45, 7) is 0. The van der Waals surface area contributed by atoms with Crippen LogP contribution in [0.4, 0.5) is 0 Å². The monoisotopic (exact) mass is 358 g/mol. The highest BCUT2D eigenvalue weighted by Gasteiger charge is 2.48. The second kappa shape index (κ2) is 7.11. The summed E-state index contributed by atoms with van der Waals surface area (Å²) >= 11 is 0. The zero-order valence-electron chi connectivity index (χ0n) is 13.7. The molecule has 3 heterocycles. The molecule has 0 radical (unpaired) electrons. The van der Waals surface area contributed by atoms with Gasteiger partial charge in [0, 0.05) is 37.6 Å². The lowest BCUT2D eigenvalue weighted by Crippen LogP contribution is -2.53. The molecule has 3 rings (SSSR count). The third kappa shape index (κ3) is 3.51. The molecule has 2 aromatic rings. The predicted octanol–water partition coefficient (Wildman–Crippen LogP) is 0.607. The summed E-state index contributed by atoms with van der Waals surface area (Å²) in [6.07, 6.45) is 2.90. The number of aliphatic hydroxyl groups excluding tert-OH is 3. The molecule has 0 saturated heterocycles. The highest BCUT2D eigenvalue weighted by molar-refractivity contribution is 5.89. The average molecular weight is 358 g/mol. The molecule has 1 aliphatic rings. The van der Waals surface area contributed by atoms with Crippen molar-refractivity contribution >= 4 is 5.97 Å². The lowest BCUT2D eigenvalue weighted by Gasteiger charge is -2.35. The minimum absolute atomic E-state index is 0.0288. The molecule has 2 aromatic heterocycles. The van der Waals surface area contributed by atoms with E-state index < -0.39 is 35.3 Å². The summed E-state index contributed by atoms with van der Waals surface area (Å²) in [7, 11) is 0. The number of rotatable bonds is 6. The maximum absolute atomic E-state index is 11.4. The van der Waals surface area contributed by atoms with Crippen LogP contribution in [0.5, 0.6) is 0 Å². The molecule has 4 N–H and O–H groups in total. The van der Waals surface area contributed by atoms with Crippen molar-refractivity contribution in [3.05, 3.63) is 71.7 Å². The Bertz CT molecular complexity index is 767. The minimum atomic E-state index is -1.82. The van der Waals surface area contributed by atoms with Crippen LogP contribution in [0.3, 0.4) is 0 Å². The molecule has 8 nitrogen and oxygen atoms in total. The average Bonchev–Trinajstić information content (AvgIpc) is 2.90. The number of esters is 1. The summed E-state index contributed by atoms with van der Waals surface area (Å²) in [4.78, 5) is 19.4. The number of hydrogen-bond acceptors (Lipinski definition) is 8. The fraction of sp³-hybridized carbons (Fsp3) is 0.278. The van der Waals surface area contributed by atoms with Gasteiger partial charge in [0.2, 0.25) is 5.76 Å². The Hall–Kier alpha value is -2.97. The van der Waals surface area contributed by atoms with Crippen molar-refractivity contribution in [2.24, 2.45) is 0 Å². The Labute approximate surface area is 149 Å². The number of pyridine rings is 2. The van der Waals surface area contributed by atoms with Gasteiger partial charge in [-0.25, -0.2) is 4.79 Å². The van der Waals surface area contributed by atoms with Gasteiger partial charge in [0.15, 0.2) is 11.9 Å². The molecule has 26 heavy (non-hydrogen) atoms. The van der Waals surface area contributed by atoms with Gasteiger partial charge in [-0.2, -0.15) is 0 Å². The Morgan fingerprint density at radius 2 is 1.62 bits per heavy atom. The molecule has 0 fully saturated rings. The summed E-state index contributed by atoms with van der Waals surface area (Å²) in [5, 5.41) is 41.3. The van der Waals surface area contributed by atoms with E-state index in [0.29, 0.717) is 11.1 Å². The molecule has 136 valence electrons. The fourth-order valence-electron chi connectivity index (χ4n) is 2.95. The SMILES string of the molecule is O=C1O[C@H]([C@@H](O)C(O)(Cc2cccnc2)Cc2cccnc2)C(O)=C1O. The normalized spacial score (nSPS) is 18.7. The Balaban J connectivity index is 1.93. The molecule has 1 aliphatic heterocycles. The van der Waals surface area contributed by atoms with Gasteiger partial charge in [-0.05, 0) is 23.3 Å². The summed E-state index contributed by atoms with van der Waals surface area (Å²) in [6, 6.07) is 6.82. The number of carbonyl (C=O) groups is 1.